The Labute approximate surface area is 346 Å². The molecule has 4 saturated carbocycles. The molecule has 1 amide bonds. The largest absolute Gasteiger partial charge is 0.481 e. The first-order valence-corrected chi connectivity index (χ1v) is 22.2. The van der Waals surface area contributed by atoms with Crippen LogP contribution in [0, 0.1) is 68.5 Å². The molecule has 1 aromatic carbocycles. The number of rotatable bonds is 11. The van der Waals surface area contributed by atoms with Gasteiger partial charge in [0.05, 0.1) is 23.9 Å². The summed E-state index contributed by atoms with van der Waals surface area (Å²) in [7, 11) is 0. The number of hydrogen-bond acceptors (Lipinski definition) is 6. The highest BCUT2D eigenvalue weighted by Gasteiger charge is 2.69. The summed E-state index contributed by atoms with van der Waals surface area (Å²) in [5, 5.41) is 22.4. The van der Waals surface area contributed by atoms with Gasteiger partial charge in [-0.1, -0.05) is 91.6 Å². The Kier molecular flexibility index (Phi) is 11.8. The van der Waals surface area contributed by atoms with Gasteiger partial charge in [0, 0.05) is 29.4 Å². The third kappa shape index (κ3) is 7.33. The van der Waals surface area contributed by atoms with E-state index in [1.54, 1.807) is 18.7 Å². The molecule has 6 rings (SSSR count). The number of amides is 1. The summed E-state index contributed by atoms with van der Waals surface area (Å²) >= 11 is 6.16. The fourth-order valence-corrected chi connectivity index (χ4v) is 13.8. The Morgan fingerprint density at radius 2 is 1.53 bits per heavy atom. The van der Waals surface area contributed by atoms with Crippen molar-refractivity contribution < 1.29 is 34.1 Å². The lowest BCUT2D eigenvalue weighted by Crippen LogP contribution is -2.65. The molecule has 5 aliphatic rings. The van der Waals surface area contributed by atoms with Crippen molar-refractivity contribution >= 4 is 35.2 Å². The third-order valence-electron chi connectivity index (χ3n) is 16.8. The quantitative estimate of drug-likeness (QED) is 0.214. The summed E-state index contributed by atoms with van der Waals surface area (Å²) in [5.41, 5.74) is 1.77. The zero-order valence-corrected chi connectivity index (χ0v) is 37.3. The van der Waals surface area contributed by atoms with Crippen molar-refractivity contribution in [1.82, 2.24) is 4.90 Å². The molecule has 1 aromatic rings. The first-order valence-electron chi connectivity index (χ1n) is 21.8. The smallest absolute Gasteiger partial charge is 0.309 e. The minimum Gasteiger partial charge on any atom is -0.481 e. The number of ether oxygens (including phenoxy) is 1. The van der Waals surface area contributed by atoms with Crippen LogP contribution in [0.25, 0.3) is 0 Å². The molecule has 9 heteroatoms. The Morgan fingerprint density at radius 1 is 0.895 bits per heavy atom. The fourth-order valence-electron chi connectivity index (χ4n) is 13.7. The van der Waals surface area contributed by atoms with Gasteiger partial charge in [0.25, 0.3) is 0 Å². The summed E-state index contributed by atoms with van der Waals surface area (Å²) in [5.74, 6) is -1.14. The van der Waals surface area contributed by atoms with Crippen LogP contribution in [0.15, 0.2) is 35.4 Å². The van der Waals surface area contributed by atoms with Crippen LogP contribution < -0.4 is 0 Å². The highest BCUT2D eigenvalue weighted by molar-refractivity contribution is 6.30. The normalized spacial score (nSPS) is 35.2. The van der Waals surface area contributed by atoms with E-state index in [9.17, 15) is 29.4 Å². The van der Waals surface area contributed by atoms with Crippen LogP contribution in [-0.4, -0.2) is 57.5 Å². The summed E-state index contributed by atoms with van der Waals surface area (Å²) in [6, 6.07) is 7.45. The summed E-state index contributed by atoms with van der Waals surface area (Å²) < 4.78 is 6.17. The highest BCUT2D eigenvalue weighted by atomic mass is 35.5. The van der Waals surface area contributed by atoms with Crippen LogP contribution in [-0.2, 0) is 30.5 Å². The van der Waals surface area contributed by atoms with Crippen LogP contribution in [0.2, 0.25) is 5.02 Å². The second kappa shape index (κ2) is 15.4. The van der Waals surface area contributed by atoms with Crippen molar-refractivity contribution in [2.24, 2.45) is 68.5 Å². The number of benzene rings is 1. The number of carboxylic acids is 1. The number of esters is 1. The maximum atomic E-state index is 14.7. The minimum absolute atomic E-state index is 0.0277. The molecule has 2 unspecified atom stereocenters. The molecule has 0 spiro atoms. The number of aliphatic hydroxyl groups excluding tert-OH is 1. The maximum absolute atomic E-state index is 14.7. The number of aliphatic hydroxyl groups is 1. The fraction of sp³-hybridized carbons (Fsp3) is 0.750. The topological polar surface area (TPSA) is 121 Å². The number of ketones is 1. The van der Waals surface area contributed by atoms with Gasteiger partial charge in [-0.15, -0.1) is 0 Å². The Balaban J connectivity index is 1.25. The molecular formula is C48H70ClNO7. The highest BCUT2D eigenvalue weighted by Crippen LogP contribution is 2.76. The van der Waals surface area contributed by atoms with Gasteiger partial charge >= 0.3 is 11.9 Å². The molecule has 4 fully saturated rings. The molecule has 0 aromatic heterocycles. The van der Waals surface area contributed by atoms with E-state index in [-0.39, 0.29) is 76.1 Å². The predicted molar refractivity (Wildman–Crippen MR) is 223 cm³/mol. The molecule has 0 aliphatic heterocycles. The number of carbonyl (C=O) groups excluding carboxylic acids is 3. The van der Waals surface area contributed by atoms with Crippen LogP contribution in [0.3, 0.4) is 0 Å². The lowest BCUT2D eigenvalue weighted by atomic mass is 9.33. The average molecular weight is 809 g/mol. The number of allylic oxidation sites excluding steroid dienone is 2. The number of hydrogen-bond donors (Lipinski definition) is 2. The zero-order chi connectivity index (χ0) is 42.2. The van der Waals surface area contributed by atoms with Crippen molar-refractivity contribution in [2.75, 3.05) is 6.54 Å². The monoisotopic (exact) mass is 807 g/mol. The first-order chi connectivity index (χ1) is 26.4. The zero-order valence-electron chi connectivity index (χ0n) is 36.5. The summed E-state index contributed by atoms with van der Waals surface area (Å²) in [6.45, 7) is 23.7. The molecule has 2 N–H and O–H groups in total. The van der Waals surface area contributed by atoms with Gasteiger partial charge in [-0.25, -0.2) is 0 Å². The van der Waals surface area contributed by atoms with Gasteiger partial charge in [0.2, 0.25) is 5.91 Å². The van der Waals surface area contributed by atoms with Gasteiger partial charge in [-0.05, 0) is 134 Å². The Bertz CT molecular complexity index is 1780. The second-order valence-electron chi connectivity index (χ2n) is 21.4. The average Bonchev–Trinajstić information content (AvgIpc) is 3.41. The van der Waals surface area contributed by atoms with Gasteiger partial charge in [-0.3, -0.25) is 19.2 Å². The lowest BCUT2D eigenvalue weighted by Gasteiger charge is -2.71. The van der Waals surface area contributed by atoms with Gasteiger partial charge in [0.15, 0.2) is 5.78 Å². The van der Waals surface area contributed by atoms with Crippen molar-refractivity contribution in [3.8, 4) is 0 Å². The molecule has 0 saturated heterocycles. The van der Waals surface area contributed by atoms with Gasteiger partial charge < -0.3 is 19.8 Å². The third-order valence-corrected chi connectivity index (χ3v) is 17.0. The van der Waals surface area contributed by atoms with E-state index in [0.29, 0.717) is 23.4 Å². The molecule has 8 nitrogen and oxygen atoms in total. The van der Waals surface area contributed by atoms with Crippen LogP contribution in [0.4, 0.5) is 0 Å². The molecule has 57 heavy (non-hydrogen) atoms. The molecule has 5 aliphatic carbocycles. The number of nitrogens with zero attached hydrogens (tertiary/aromatic N) is 1. The van der Waals surface area contributed by atoms with Crippen LogP contribution in [0.1, 0.15) is 140 Å². The maximum Gasteiger partial charge on any atom is 0.309 e. The number of halogens is 1. The molecule has 10 atom stereocenters. The van der Waals surface area contributed by atoms with Crippen molar-refractivity contribution in [3.63, 3.8) is 0 Å². The number of aliphatic carboxylic acids is 1. The SMILES string of the molecule is CC(C)C(=O)N(Cc1ccc(Cl)cc1)C[C@H](O)C1C(=O)C(C(C)C)=C2C1CC[C@]1(C)[C@@H]2CC[C@@H]2[C@@]3(C)CC[C@H](OC(=O)CC(C)(C)C(=O)O)C(C)(C)[C@H]3CC[C@]21C. The van der Waals surface area contributed by atoms with Crippen LogP contribution in [0.5, 0.6) is 0 Å². The van der Waals surface area contributed by atoms with E-state index in [2.05, 4.69) is 48.5 Å². The van der Waals surface area contributed by atoms with Gasteiger partial charge in [0.1, 0.15) is 6.10 Å². The van der Waals surface area contributed by atoms with Crippen molar-refractivity contribution in [2.45, 2.75) is 153 Å². The number of carbonyl (C=O) groups is 4. The Hall–Kier alpha value is -2.71. The number of fused-ring (bicyclic) bond motifs is 7. The molecular weight excluding hydrogens is 738 g/mol. The lowest BCUT2D eigenvalue weighted by molar-refractivity contribution is -0.232. The van der Waals surface area contributed by atoms with Crippen molar-refractivity contribution in [3.05, 3.63) is 46.0 Å². The van der Waals surface area contributed by atoms with E-state index in [0.717, 1.165) is 62.5 Å². The van der Waals surface area contributed by atoms with Crippen molar-refractivity contribution in [1.29, 1.82) is 0 Å². The van der Waals surface area contributed by atoms with E-state index >= 15 is 0 Å². The summed E-state index contributed by atoms with van der Waals surface area (Å²) in [4.78, 5) is 54.9. The standard InChI is InChI=1S/C48H70ClNO7/c1-27(2)38-39-31(40(41(38)53)33(51)26-50(42(54)28(3)4)25-29-12-14-30(49)15-13-29)18-22-47(10)32(39)16-17-35-46(9)21-20-36(57-37(52)24-44(5,6)43(55)56)45(7,8)34(46)19-23-48(35,47)11/h12-15,27-28,31-36,40,51H,16-26H2,1-11H3,(H,55,56)/t31?,32-,33+,34-,35-,36+,40?,46+,47-,48-/m1/s1. The van der Waals surface area contributed by atoms with Crippen LogP contribution >= 0.6 is 11.6 Å². The van der Waals surface area contributed by atoms with Gasteiger partial charge in [-0.2, -0.15) is 0 Å². The summed E-state index contributed by atoms with van der Waals surface area (Å²) in [6.07, 6.45) is 6.34. The van der Waals surface area contributed by atoms with E-state index in [1.165, 1.54) is 5.57 Å². The first kappa shape index (κ1) is 43.9. The Morgan fingerprint density at radius 3 is 2.12 bits per heavy atom. The number of carboxylic acid groups (broad SMARTS) is 1. The van der Waals surface area contributed by atoms with E-state index in [4.69, 9.17) is 16.3 Å². The number of Topliss-reactive ketones (excluding diaryl/α,β-unsaturated/α-hetero) is 1. The van der Waals surface area contributed by atoms with E-state index in [1.807, 2.05) is 38.1 Å². The molecule has 316 valence electrons. The minimum atomic E-state index is -1.18. The predicted octanol–water partition coefficient (Wildman–Crippen LogP) is 9.93. The molecule has 0 heterocycles. The second-order valence-corrected chi connectivity index (χ2v) is 21.9. The van der Waals surface area contributed by atoms with E-state index < -0.39 is 29.4 Å². The molecule has 0 bridgehead atoms. The molecule has 0 radical (unpaired) electrons.